The van der Waals surface area contributed by atoms with E-state index in [-0.39, 0.29) is 17.6 Å². The first-order valence-electron chi connectivity index (χ1n) is 5.90. The van der Waals surface area contributed by atoms with E-state index in [2.05, 4.69) is 0 Å². The maximum absolute atomic E-state index is 12.0. The summed E-state index contributed by atoms with van der Waals surface area (Å²) in [7, 11) is 0. The van der Waals surface area contributed by atoms with Gasteiger partial charge in [0.2, 0.25) is 0 Å². The van der Waals surface area contributed by atoms with Crippen LogP contribution in [-0.2, 0) is 6.61 Å². The number of hydrogen-bond donors (Lipinski definition) is 1. The van der Waals surface area contributed by atoms with Gasteiger partial charge in [-0.05, 0) is 18.1 Å². The normalized spacial score (nSPS) is 11.1. The predicted molar refractivity (Wildman–Crippen MR) is 68.7 cm³/mol. The molecule has 2 aromatic rings. The largest absolute Gasteiger partial charge is 0.489 e. The van der Waals surface area contributed by atoms with Gasteiger partial charge in [-0.3, -0.25) is 4.79 Å². The van der Waals surface area contributed by atoms with Gasteiger partial charge in [-0.15, -0.1) is 0 Å². The average molecular weight is 248 g/mol. The molecule has 0 saturated heterocycles. The van der Waals surface area contributed by atoms with Crippen LogP contribution in [0.1, 0.15) is 19.4 Å². The van der Waals surface area contributed by atoms with Crippen molar-refractivity contribution in [3.05, 3.63) is 40.2 Å². The van der Waals surface area contributed by atoms with E-state index >= 15 is 0 Å². The van der Waals surface area contributed by atoms with Crippen molar-refractivity contribution in [1.29, 1.82) is 0 Å². The highest BCUT2D eigenvalue weighted by Gasteiger charge is 2.10. The molecule has 0 fully saturated rings. The van der Waals surface area contributed by atoms with Crippen molar-refractivity contribution in [1.82, 2.24) is 0 Å². The fourth-order valence-electron chi connectivity index (χ4n) is 1.65. The second-order valence-electron chi connectivity index (χ2n) is 4.59. The van der Waals surface area contributed by atoms with E-state index in [9.17, 15) is 4.79 Å². The van der Waals surface area contributed by atoms with E-state index in [0.29, 0.717) is 29.2 Å². The molecule has 0 atom stereocenters. The SMILES string of the molecule is CC(C)COc1cccc2c(=O)c(CO)coc12. The summed E-state index contributed by atoms with van der Waals surface area (Å²) in [6.07, 6.45) is 1.28. The van der Waals surface area contributed by atoms with Crippen LogP contribution >= 0.6 is 0 Å². The average Bonchev–Trinajstić information content (AvgIpc) is 2.37. The zero-order valence-electron chi connectivity index (χ0n) is 10.5. The standard InChI is InChI=1S/C14H16O4/c1-9(2)7-17-12-5-3-4-11-13(16)10(6-15)8-18-14(11)12/h3-5,8-9,15H,6-7H2,1-2H3. The van der Waals surface area contributed by atoms with Crippen molar-refractivity contribution in [2.75, 3.05) is 6.61 Å². The van der Waals surface area contributed by atoms with Crippen LogP contribution in [0.4, 0.5) is 0 Å². The van der Waals surface area contributed by atoms with Crippen molar-refractivity contribution in [3.63, 3.8) is 0 Å². The number of benzene rings is 1. The third kappa shape index (κ3) is 2.38. The number of para-hydroxylation sites is 1. The lowest BCUT2D eigenvalue weighted by atomic mass is 10.1. The number of aliphatic hydroxyl groups excluding tert-OH is 1. The molecule has 0 aliphatic heterocycles. The highest BCUT2D eigenvalue weighted by molar-refractivity contribution is 5.82. The first-order valence-corrected chi connectivity index (χ1v) is 5.90. The predicted octanol–water partition coefficient (Wildman–Crippen LogP) is 2.32. The van der Waals surface area contributed by atoms with Gasteiger partial charge in [0.25, 0.3) is 0 Å². The number of ether oxygens (including phenoxy) is 1. The zero-order chi connectivity index (χ0) is 13.1. The van der Waals surface area contributed by atoms with Crippen molar-refractivity contribution in [2.45, 2.75) is 20.5 Å². The van der Waals surface area contributed by atoms with Gasteiger partial charge < -0.3 is 14.3 Å². The van der Waals surface area contributed by atoms with Crippen LogP contribution in [-0.4, -0.2) is 11.7 Å². The monoisotopic (exact) mass is 248 g/mol. The Bertz CT molecular complexity index is 598. The van der Waals surface area contributed by atoms with Crippen molar-refractivity contribution < 1.29 is 14.3 Å². The molecule has 0 radical (unpaired) electrons. The van der Waals surface area contributed by atoms with Crippen LogP contribution in [0.15, 0.2) is 33.7 Å². The molecule has 1 heterocycles. The maximum atomic E-state index is 12.0. The van der Waals surface area contributed by atoms with E-state index < -0.39 is 0 Å². The van der Waals surface area contributed by atoms with E-state index in [0.717, 1.165) is 0 Å². The van der Waals surface area contributed by atoms with E-state index in [4.69, 9.17) is 14.3 Å². The molecule has 2 rings (SSSR count). The fraction of sp³-hybridized carbons (Fsp3) is 0.357. The third-order valence-corrected chi connectivity index (χ3v) is 2.58. The second-order valence-corrected chi connectivity index (χ2v) is 4.59. The third-order valence-electron chi connectivity index (χ3n) is 2.58. The van der Waals surface area contributed by atoms with Crippen LogP contribution in [0.25, 0.3) is 11.0 Å². The smallest absolute Gasteiger partial charge is 0.198 e. The molecular weight excluding hydrogens is 232 g/mol. The van der Waals surface area contributed by atoms with Crippen LogP contribution < -0.4 is 10.2 Å². The molecule has 0 aliphatic rings. The maximum Gasteiger partial charge on any atom is 0.198 e. The lowest BCUT2D eigenvalue weighted by Gasteiger charge is -2.10. The van der Waals surface area contributed by atoms with Gasteiger partial charge in [0.1, 0.15) is 6.26 Å². The molecule has 0 unspecified atom stereocenters. The first kappa shape index (κ1) is 12.6. The summed E-state index contributed by atoms with van der Waals surface area (Å²) in [6.45, 7) is 4.33. The Morgan fingerprint density at radius 1 is 1.39 bits per heavy atom. The number of rotatable bonds is 4. The number of fused-ring (bicyclic) bond motifs is 1. The topological polar surface area (TPSA) is 59.7 Å². The molecule has 0 bridgehead atoms. The summed E-state index contributed by atoms with van der Waals surface area (Å²) in [4.78, 5) is 12.0. The van der Waals surface area contributed by atoms with Gasteiger partial charge in [-0.1, -0.05) is 19.9 Å². The Hall–Kier alpha value is -1.81. The van der Waals surface area contributed by atoms with Gasteiger partial charge in [-0.25, -0.2) is 0 Å². The van der Waals surface area contributed by atoms with Crippen LogP contribution in [0, 0.1) is 5.92 Å². The zero-order valence-corrected chi connectivity index (χ0v) is 10.5. The van der Waals surface area contributed by atoms with Crippen LogP contribution in [0.5, 0.6) is 5.75 Å². The Morgan fingerprint density at radius 3 is 2.83 bits per heavy atom. The quantitative estimate of drug-likeness (QED) is 0.902. The van der Waals surface area contributed by atoms with Gasteiger partial charge in [0.15, 0.2) is 16.8 Å². The lowest BCUT2D eigenvalue weighted by molar-refractivity contribution is 0.268. The van der Waals surface area contributed by atoms with E-state index in [1.807, 2.05) is 13.8 Å². The Morgan fingerprint density at radius 2 is 2.17 bits per heavy atom. The van der Waals surface area contributed by atoms with E-state index in [1.54, 1.807) is 18.2 Å². The molecule has 0 amide bonds. The fourth-order valence-corrected chi connectivity index (χ4v) is 1.65. The minimum Gasteiger partial charge on any atom is -0.489 e. The van der Waals surface area contributed by atoms with Crippen molar-refractivity contribution in [3.8, 4) is 5.75 Å². The molecule has 1 aromatic carbocycles. The summed E-state index contributed by atoms with van der Waals surface area (Å²) < 4.78 is 11.0. The van der Waals surface area contributed by atoms with Crippen molar-refractivity contribution >= 4 is 11.0 Å². The van der Waals surface area contributed by atoms with Crippen molar-refractivity contribution in [2.24, 2.45) is 5.92 Å². The number of aliphatic hydroxyl groups is 1. The summed E-state index contributed by atoms with van der Waals surface area (Å²) in [5.74, 6) is 0.950. The first-order chi connectivity index (χ1) is 8.63. The lowest BCUT2D eigenvalue weighted by Crippen LogP contribution is -2.10. The highest BCUT2D eigenvalue weighted by atomic mass is 16.5. The molecule has 96 valence electrons. The summed E-state index contributed by atoms with van der Waals surface area (Å²) in [6, 6.07) is 5.19. The van der Waals surface area contributed by atoms with Gasteiger partial charge >= 0.3 is 0 Å². The molecule has 18 heavy (non-hydrogen) atoms. The van der Waals surface area contributed by atoms with Gasteiger partial charge in [0.05, 0.1) is 24.2 Å². The van der Waals surface area contributed by atoms with Crippen LogP contribution in [0.2, 0.25) is 0 Å². The second kappa shape index (κ2) is 5.23. The number of hydrogen-bond acceptors (Lipinski definition) is 4. The minimum absolute atomic E-state index is 0.214. The molecule has 4 heteroatoms. The van der Waals surface area contributed by atoms with Crippen LogP contribution in [0.3, 0.4) is 0 Å². The van der Waals surface area contributed by atoms with Gasteiger partial charge in [0, 0.05) is 0 Å². The van der Waals surface area contributed by atoms with Gasteiger partial charge in [-0.2, -0.15) is 0 Å². The molecule has 0 spiro atoms. The molecule has 0 saturated carbocycles. The summed E-state index contributed by atoms with van der Waals surface area (Å²) >= 11 is 0. The summed E-state index contributed by atoms with van der Waals surface area (Å²) in [5, 5.41) is 9.47. The van der Waals surface area contributed by atoms with E-state index in [1.165, 1.54) is 6.26 Å². The molecule has 1 aromatic heterocycles. The summed E-state index contributed by atoms with van der Waals surface area (Å²) in [5.41, 5.74) is 0.470. The minimum atomic E-state index is -0.324. The molecule has 1 N–H and O–H groups in total. The molecular formula is C14H16O4. The molecule has 4 nitrogen and oxygen atoms in total. The molecule has 0 aliphatic carbocycles. The Balaban J connectivity index is 2.50. The Kier molecular flexibility index (Phi) is 3.67. The highest BCUT2D eigenvalue weighted by Crippen LogP contribution is 2.24. The Labute approximate surface area is 105 Å².